The minimum atomic E-state index is -0.385. The van der Waals surface area contributed by atoms with Crippen molar-refractivity contribution in [2.24, 2.45) is 0 Å². The SMILES string of the molecule is COc1ccc(-n2cnnc2S[C@H](C)C(=O)N[C@@H](C)c2ccc(F)cc2)cc1. The number of amides is 1. The summed E-state index contributed by atoms with van der Waals surface area (Å²) in [7, 11) is 1.61. The van der Waals surface area contributed by atoms with E-state index >= 15 is 0 Å². The third kappa shape index (κ3) is 4.69. The summed E-state index contributed by atoms with van der Waals surface area (Å²) >= 11 is 1.32. The van der Waals surface area contributed by atoms with E-state index in [9.17, 15) is 9.18 Å². The monoisotopic (exact) mass is 400 g/mol. The van der Waals surface area contributed by atoms with E-state index in [4.69, 9.17) is 4.74 Å². The molecule has 1 N–H and O–H groups in total. The number of halogens is 1. The summed E-state index contributed by atoms with van der Waals surface area (Å²) in [5.74, 6) is 0.323. The van der Waals surface area contributed by atoms with Crippen LogP contribution in [0.5, 0.6) is 5.75 Å². The first-order chi connectivity index (χ1) is 13.5. The zero-order chi connectivity index (χ0) is 20.1. The molecule has 0 aliphatic heterocycles. The van der Waals surface area contributed by atoms with Crippen LogP contribution in [0.15, 0.2) is 60.0 Å². The molecule has 2 atom stereocenters. The molecule has 146 valence electrons. The van der Waals surface area contributed by atoms with Gasteiger partial charge >= 0.3 is 0 Å². The predicted molar refractivity (Wildman–Crippen MR) is 106 cm³/mol. The van der Waals surface area contributed by atoms with Crippen LogP contribution < -0.4 is 10.1 Å². The molecule has 1 aromatic heterocycles. The fraction of sp³-hybridized carbons (Fsp3) is 0.250. The first kappa shape index (κ1) is 19.9. The molecule has 0 aliphatic rings. The summed E-state index contributed by atoms with van der Waals surface area (Å²) in [5.41, 5.74) is 1.72. The molecule has 0 aliphatic carbocycles. The van der Waals surface area contributed by atoms with Crippen molar-refractivity contribution in [3.63, 3.8) is 0 Å². The number of nitrogens with one attached hydrogen (secondary N) is 1. The largest absolute Gasteiger partial charge is 0.497 e. The van der Waals surface area contributed by atoms with Crippen molar-refractivity contribution < 1.29 is 13.9 Å². The topological polar surface area (TPSA) is 69.0 Å². The highest BCUT2D eigenvalue weighted by Gasteiger charge is 2.20. The Hall–Kier alpha value is -2.87. The lowest BCUT2D eigenvalue weighted by molar-refractivity contribution is -0.120. The van der Waals surface area contributed by atoms with E-state index in [0.29, 0.717) is 5.16 Å². The van der Waals surface area contributed by atoms with Crippen LogP contribution in [0.4, 0.5) is 4.39 Å². The lowest BCUT2D eigenvalue weighted by Gasteiger charge is -2.17. The van der Waals surface area contributed by atoms with Crippen molar-refractivity contribution in [1.29, 1.82) is 0 Å². The molecule has 0 spiro atoms. The molecule has 3 aromatic rings. The molecule has 0 saturated carbocycles. The van der Waals surface area contributed by atoms with Crippen LogP contribution in [-0.2, 0) is 4.79 Å². The molecular weight excluding hydrogens is 379 g/mol. The number of nitrogens with zero attached hydrogens (tertiary/aromatic N) is 3. The smallest absolute Gasteiger partial charge is 0.233 e. The van der Waals surface area contributed by atoms with Crippen molar-refractivity contribution >= 4 is 17.7 Å². The summed E-state index contributed by atoms with van der Waals surface area (Å²) in [6, 6.07) is 13.4. The van der Waals surface area contributed by atoms with Crippen LogP contribution in [0.25, 0.3) is 5.69 Å². The first-order valence-corrected chi connectivity index (χ1v) is 9.63. The number of carbonyl (C=O) groups excluding carboxylic acids is 1. The van der Waals surface area contributed by atoms with Gasteiger partial charge in [-0.2, -0.15) is 0 Å². The molecule has 0 fully saturated rings. The molecule has 2 aromatic carbocycles. The van der Waals surface area contributed by atoms with E-state index < -0.39 is 0 Å². The Kier molecular flexibility index (Phi) is 6.30. The molecular formula is C20H21FN4O2S. The summed E-state index contributed by atoms with van der Waals surface area (Å²) in [4.78, 5) is 12.6. The highest BCUT2D eigenvalue weighted by atomic mass is 32.2. The fourth-order valence-electron chi connectivity index (χ4n) is 2.60. The molecule has 0 saturated heterocycles. The molecule has 0 unspecified atom stereocenters. The van der Waals surface area contributed by atoms with Gasteiger partial charge in [0.2, 0.25) is 5.91 Å². The third-order valence-corrected chi connectivity index (χ3v) is 5.30. The quantitative estimate of drug-likeness (QED) is 0.612. The molecule has 8 heteroatoms. The van der Waals surface area contributed by atoms with Crippen LogP contribution >= 0.6 is 11.8 Å². The Morgan fingerprint density at radius 2 is 1.82 bits per heavy atom. The van der Waals surface area contributed by atoms with Crippen LogP contribution in [0.2, 0.25) is 0 Å². The van der Waals surface area contributed by atoms with Gasteiger partial charge < -0.3 is 10.1 Å². The van der Waals surface area contributed by atoms with Gasteiger partial charge in [0.25, 0.3) is 0 Å². The number of methoxy groups -OCH3 is 1. The average molecular weight is 400 g/mol. The molecule has 0 bridgehead atoms. The maximum atomic E-state index is 13.1. The zero-order valence-electron chi connectivity index (χ0n) is 15.8. The van der Waals surface area contributed by atoms with Crippen LogP contribution in [0.1, 0.15) is 25.5 Å². The Morgan fingerprint density at radius 1 is 1.14 bits per heavy atom. The summed E-state index contributed by atoms with van der Waals surface area (Å²) in [6.45, 7) is 3.67. The minimum absolute atomic E-state index is 0.133. The highest BCUT2D eigenvalue weighted by Crippen LogP contribution is 2.25. The maximum absolute atomic E-state index is 13.1. The second kappa shape index (κ2) is 8.88. The van der Waals surface area contributed by atoms with Crippen LogP contribution in [-0.4, -0.2) is 33.0 Å². The van der Waals surface area contributed by atoms with Crippen LogP contribution in [0.3, 0.4) is 0 Å². The van der Waals surface area contributed by atoms with Crippen molar-refractivity contribution in [3.8, 4) is 11.4 Å². The molecule has 0 radical (unpaired) electrons. The van der Waals surface area contributed by atoms with Gasteiger partial charge in [0.15, 0.2) is 5.16 Å². The van der Waals surface area contributed by atoms with Gasteiger partial charge in [-0.1, -0.05) is 23.9 Å². The number of ether oxygens (including phenoxy) is 1. The van der Waals surface area contributed by atoms with Gasteiger partial charge in [-0.25, -0.2) is 4.39 Å². The molecule has 28 heavy (non-hydrogen) atoms. The standard InChI is InChI=1S/C20H21FN4O2S/c1-13(15-4-6-16(21)7-5-15)23-19(26)14(2)28-20-24-22-12-25(20)17-8-10-18(27-3)11-9-17/h4-14H,1-3H3,(H,23,26)/t13-,14+/m0/s1. The Labute approximate surface area is 167 Å². The van der Waals surface area contributed by atoms with E-state index in [1.54, 1.807) is 25.6 Å². The number of thioether (sulfide) groups is 1. The summed E-state index contributed by atoms with van der Waals surface area (Å²) in [6.07, 6.45) is 1.61. The first-order valence-electron chi connectivity index (χ1n) is 8.75. The van der Waals surface area contributed by atoms with Gasteiger partial charge in [-0.15, -0.1) is 10.2 Å². The van der Waals surface area contributed by atoms with Gasteiger partial charge in [-0.3, -0.25) is 9.36 Å². The van der Waals surface area contributed by atoms with Gasteiger partial charge in [-0.05, 0) is 55.8 Å². The minimum Gasteiger partial charge on any atom is -0.497 e. The Balaban J connectivity index is 1.65. The Bertz CT molecular complexity index is 928. The molecule has 3 rings (SSSR count). The lowest BCUT2D eigenvalue weighted by Crippen LogP contribution is -2.33. The van der Waals surface area contributed by atoms with E-state index in [2.05, 4.69) is 15.5 Å². The van der Waals surface area contributed by atoms with E-state index in [1.807, 2.05) is 42.7 Å². The average Bonchev–Trinajstić information content (AvgIpc) is 3.16. The predicted octanol–water partition coefficient (Wildman–Crippen LogP) is 3.77. The van der Waals surface area contributed by atoms with Crippen molar-refractivity contribution in [3.05, 3.63) is 66.2 Å². The lowest BCUT2D eigenvalue weighted by atomic mass is 10.1. The number of aromatic nitrogens is 3. The fourth-order valence-corrected chi connectivity index (χ4v) is 3.45. The van der Waals surface area contributed by atoms with Crippen LogP contribution in [0, 0.1) is 5.82 Å². The zero-order valence-corrected chi connectivity index (χ0v) is 16.6. The van der Waals surface area contributed by atoms with Crippen molar-refractivity contribution in [2.75, 3.05) is 7.11 Å². The van der Waals surface area contributed by atoms with Gasteiger partial charge in [0.1, 0.15) is 17.9 Å². The highest BCUT2D eigenvalue weighted by molar-refractivity contribution is 8.00. The number of carbonyl (C=O) groups is 1. The number of hydrogen-bond donors (Lipinski definition) is 1. The second-order valence-corrected chi connectivity index (χ2v) is 7.53. The summed E-state index contributed by atoms with van der Waals surface area (Å²) < 4.78 is 20.0. The second-order valence-electron chi connectivity index (χ2n) is 6.22. The van der Waals surface area contributed by atoms with Crippen molar-refractivity contribution in [2.45, 2.75) is 30.3 Å². The van der Waals surface area contributed by atoms with E-state index in [0.717, 1.165) is 17.0 Å². The maximum Gasteiger partial charge on any atom is 0.233 e. The van der Waals surface area contributed by atoms with Crippen molar-refractivity contribution in [1.82, 2.24) is 20.1 Å². The Morgan fingerprint density at radius 3 is 2.46 bits per heavy atom. The number of rotatable bonds is 7. The molecule has 1 amide bonds. The third-order valence-electron chi connectivity index (χ3n) is 4.25. The van der Waals surface area contributed by atoms with Gasteiger partial charge in [0, 0.05) is 5.69 Å². The number of hydrogen-bond acceptors (Lipinski definition) is 5. The normalized spacial score (nSPS) is 13.0. The summed E-state index contributed by atoms with van der Waals surface area (Å²) in [5, 5.41) is 11.3. The van der Waals surface area contributed by atoms with E-state index in [1.165, 1.54) is 23.9 Å². The molecule has 1 heterocycles. The molecule has 6 nitrogen and oxygen atoms in total. The number of benzene rings is 2. The van der Waals surface area contributed by atoms with E-state index in [-0.39, 0.29) is 23.0 Å². The van der Waals surface area contributed by atoms with Gasteiger partial charge in [0.05, 0.1) is 18.4 Å².